The summed E-state index contributed by atoms with van der Waals surface area (Å²) in [5.74, 6) is 2.04. The third kappa shape index (κ3) is 6.68. The molecule has 0 radical (unpaired) electrons. The van der Waals surface area contributed by atoms with Crippen molar-refractivity contribution in [1.29, 1.82) is 0 Å². The van der Waals surface area contributed by atoms with Crippen LogP contribution in [0.4, 0.5) is 0 Å². The molecule has 17 heavy (non-hydrogen) atoms. The first-order chi connectivity index (χ1) is 8.03. The van der Waals surface area contributed by atoms with Crippen molar-refractivity contribution in [2.24, 2.45) is 5.92 Å². The minimum Gasteiger partial charge on any atom is -0.381 e. The molecule has 2 nitrogen and oxygen atoms in total. The van der Waals surface area contributed by atoms with Gasteiger partial charge in [0, 0.05) is 29.8 Å². The summed E-state index contributed by atoms with van der Waals surface area (Å²) >= 11 is 2.08. The van der Waals surface area contributed by atoms with Crippen LogP contribution in [0.1, 0.15) is 47.0 Å². The van der Waals surface area contributed by atoms with Crippen molar-refractivity contribution in [1.82, 2.24) is 5.32 Å². The van der Waals surface area contributed by atoms with Gasteiger partial charge in [-0.1, -0.05) is 27.7 Å². The van der Waals surface area contributed by atoms with Gasteiger partial charge in [0.25, 0.3) is 0 Å². The fourth-order valence-corrected chi connectivity index (χ4v) is 3.22. The maximum absolute atomic E-state index is 5.47. The molecule has 1 heterocycles. The average Bonchev–Trinajstić information content (AvgIpc) is 2.29. The summed E-state index contributed by atoms with van der Waals surface area (Å²) in [6.07, 6.45) is 3.68. The first kappa shape index (κ1) is 15.3. The molecule has 102 valence electrons. The zero-order valence-electron chi connectivity index (χ0n) is 11.9. The van der Waals surface area contributed by atoms with Crippen molar-refractivity contribution in [2.75, 3.05) is 25.5 Å². The summed E-state index contributed by atoms with van der Waals surface area (Å²) in [6, 6.07) is 0.670. The van der Waals surface area contributed by atoms with Crippen LogP contribution in [0.5, 0.6) is 0 Å². The molecule has 1 unspecified atom stereocenters. The van der Waals surface area contributed by atoms with E-state index in [2.05, 4.69) is 44.8 Å². The Morgan fingerprint density at radius 2 is 1.94 bits per heavy atom. The highest BCUT2D eigenvalue weighted by atomic mass is 32.2. The largest absolute Gasteiger partial charge is 0.381 e. The predicted octanol–water partition coefficient (Wildman–Crippen LogP) is 3.31. The standard InChI is InChI=1S/C14H29NOS/c1-5-8-15-13(11-17-14(2,3)4)12-6-9-16-10-7-12/h12-13,15H,5-11H2,1-4H3. The lowest BCUT2D eigenvalue weighted by Gasteiger charge is -2.32. The first-order valence-corrected chi connectivity index (χ1v) is 7.96. The van der Waals surface area contributed by atoms with Crippen molar-refractivity contribution < 1.29 is 4.74 Å². The Morgan fingerprint density at radius 1 is 1.29 bits per heavy atom. The third-order valence-electron chi connectivity index (χ3n) is 3.19. The van der Waals surface area contributed by atoms with E-state index in [1.165, 1.54) is 25.0 Å². The molecular formula is C14H29NOS. The van der Waals surface area contributed by atoms with Gasteiger partial charge in [-0.15, -0.1) is 0 Å². The quantitative estimate of drug-likeness (QED) is 0.791. The lowest BCUT2D eigenvalue weighted by Crippen LogP contribution is -2.42. The molecule has 1 aliphatic rings. The smallest absolute Gasteiger partial charge is 0.0469 e. The molecule has 0 aliphatic carbocycles. The van der Waals surface area contributed by atoms with E-state index in [1.807, 2.05) is 0 Å². The second-order valence-electron chi connectivity index (χ2n) is 5.93. The predicted molar refractivity (Wildman–Crippen MR) is 77.8 cm³/mol. The molecule has 0 amide bonds. The van der Waals surface area contributed by atoms with Crippen LogP contribution in [-0.2, 0) is 4.74 Å². The molecule has 1 N–H and O–H groups in total. The van der Waals surface area contributed by atoms with Gasteiger partial charge >= 0.3 is 0 Å². The van der Waals surface area contributed by atoms with Crippen LogP contribution in [0.15, 0.2) is 0 Å². The minimum absolute atomic E-state index is 0.372. The van der Waals surface area contributed by atoms with Crippen LogP contribution < -0.4 is 5.32 Å². The van der Waals surface area contributed by atoms with Crippen LogP contribution in [0, 0.1) is 5.92 Å². The third-order valence-corrected chi connectivity index (χ3v) is 4.58. The van der Waals surface area contributed by atoms with Gasteiger partial charge in [0.1, 0.15) is 0 Å². The van der Waals surface area contributed by atoms with E-state index < -0.39 is 0 Å². The van der Waals surface area contributed by atoms with Gasteiger partial charge in [0.05, 0.1) is 0 Å². The summed E-state index contributed by atoms with van der Waals surface area (Å²) in [5, 5.41) is 3.74. The molecule has 1 rings (SSSR count). The summed E-state index contributed by atoms with van der Waals surface area (Å²) in [7, 11) is 0. The van der Waals surface area contributed by atoms with E-state index in [0.717, 1.165) is 25.7 Å². The fraction of sp³-hybridized carbons (Fsp3) is 1.00. The van der Waals surface area contributed by atoms with Crippen LogP contribution in [0.2, 0.25) is 0 Å². The Kier molecular flexibility index (Phi) is 6.90. The van der Waals surface area contributed by atoms with Crippen molar-refractivity contribution in [2.45, 2.75) is 57.7 Å². The molecule has 0 bridgehead atoms. The Labute approximate surface area is 111 Å². The molecular weight excluding hydrogens is 230 g/mol. The number of nitrogens with one attached hydrogen (secondary N) is 1. The maximum atomic E-state index is 5.47. The van der Waals surface area contributed by atoms with Gasteiger partial charge in [0.2, 0.25) is 0 Å². The molecule has 0 aromatic rings. The monoisotopic (exact) mass is 259 g/mol. The van der Waals surface area contributed by atoms with Gasteiger partial charge in [0.15, 0.2) is 0 Å². The maximum Gasteiger partial charge on any atom is 0.0469 e. The average molecular weight is 259 g/mol. The fourth-order valence-electron chi connectivity index (χ4n) is 2.15. The highest BCUT2D eigenvalue weighted by molar-refractivity contribution is 8.00. The van der Waals surface area contributed by atoms with E-state index >= 15 is 0 Å². The molecule has 1 aliphatic heterocycles. The van der Waals surface area contributed by atoms with Gasteiger partial charge in [-0.05, 0) is 31.7 Å². The van der Waals surface area contributed by atoms with Gasteiger partial charge in [-0.3, -0.25) is 0 Å². The molecule has 3 heteroatoms. The Morgan fingerprint density at radius 3 is 2.47 bits per heavy atom. The van der Waals surface area contributed by atoms with E-state index in [-0.39, 0.29) is 0 Å². The molecule has 1 saturated heterocycles. The van der Waals surface area contributed by atoms with Crippen molar-refractivity contribution in [3.05, 3.63) is 0 Å². The number of hydrogen-bond acceptors (Lipinski definition) is 3. The highest BCUT2D eigenvalue weighted by Crippen LogP contribution is 2.28. The minimum atomic E-state index is 0.372. The first-order valence-electron chi connectivity index (χ1n) is 6.98. The highest BCUT2D eigenvalue weighted by Gasteiger charge is 2.25. The Balaban J connectivity index is 2.40. The van der Waals surface area contributed by atoms with Gasteiger partial charge in [-0.2, -0.15) is 11.8 Å². The topological polar surface area (TPSA) is 21.3 Å². The van der Waals surface area contributed by atoms with Crippen LogP contribution in [0.25, 0.3) is 0 Å². The Bertz CT molecular complexity index is 197. The van der Waals surface area contributed by atoms with Crippen molar-refractivity contribution >= 4 is 11.8 Å². The number of rotatable bonds is 6. The van der Waals surface area contributed by atoms with Crippen molar-refractivity contribution in [3.63, 3.8) is 0 Å². The number of ether oxygens (including phenoxy) is 1. The van der Waals surface area contributed by atoms with E-state index in [4.69, 9.17) is 4.74 Å². The summed E-state index contributed by atoms with van der Waals surface area (Å²) < 4.78 is 5.84. The molecule has 0 saturated carbocycles. The molecule has 0 spiro atoms. The SMILES string of the molecule is CCCNC(CSC(C)(C)C)C1CCOCC1. The van der Waals surface area contributed by atoms with Crippen LogP contribution in [-0.4, -0.2) is 36.3 Å². The van der Waals surface area contributed by atoms with E-state index in [1.54, 1.807) is 0 Å². The second-order valence-corrected chi connectivity index (χ2v) is 7.78. The molecule has 0 aromatic heterocycles. The second kappa shape index (κ2) is 7.65. The zero-order chi connectivity index (χ0) is 12.7. The summed E-state index contributed by atoms with van der Waals surface area (Å²) in [6.45, 7) is 12.2. The summed E-state index contributed by atoms with van der Waals surface area (Å²) in [5.41, 5.74) is 0. The van der Waals surface area contributed by atoms with Gasteiger partial charge in [-0.25, -0.2) is 0 Å². The lowest BCUT2D eigenvalue weighted by atomic mass is 9.93. The van der Waals surface area contributed by atoms with E-state index in [0.29, 0.717) is 10.8 Å². The van der Waals surface area contributed by atoms with E-state index in [9.17, 15) is 0 Å². The molecule has 1 fully saturated rings. The van der Waals surface area contributed by atoms with Gasteiger partial charge < -0.3 is 10.1 Å². The van der Waals surface area contributed by atoms with Crippen molar-refractivity contribution in [3.8, 4) is 0 Å². The number of hydrogen-bond donors (Lipinski definition) is 1. The number of thioether (sulfide) groups is 1. The Hall–Kier alpha value is 0.270. The molecule has 0 aromatic carbocycles. The van der Waals surface area contributed by atoms with Crippen LogP contribution >= 0.6 is 11.8 Å². The van der Waals surface area contributed by atoms with Crippen LogP contribution in [0.3, 0.4) is 0 Å². The normalized spacial score (nSPS) is 20.5. The zero-order valence-corrected chi connectivity index (χ0v) is 12.7. The summed E-state index contributed by atoms with van der Waals surface area (Å²) in [4.78, 5) is 0. The lowest BCUT2D eigenvalue weighted by molar-refractivity contribution is 0.0566. The molecule has 1 atom stereocenters.